The highest BCUT2D eigenvalue weighted by Crippen LogP contribution is 2.62. The molecule has 0 unspecified atom stereocenters. The Hall–Kier alpha value is -1.02. The standard InChI is InChI=1S/C15H24N2/c1-14(2)13(15(14,3)4)17-9-8-11-6-5-7-12(16)10-11/h5-7,10,13,17H,8-9,16H2,1-4H3. The highest BCUT2D eigenvalue weighted by molar-refractivity contribution is 5.40. The number of anilines is 1. The molecular formula is C15H24N2. The molecule has 1 aliphatic rings. The Labute approximate surface area is 105 Å². The zero-order valence-corrected chi connectivity index (χ0v) is 11.4. The lowest BCUT2D eigenvalue weighted by Gasteiger charge is -2.07. The van der Waals surface area contributed by atoms with Crippen LogP contribution in [0.15, 0.2) is 24.3 Å². The van der Waals surface area contributed by atoms with E-state index in [0.717, 1.165) is 18.7 Å². The van der Waals surface area contributed by atoms with Gasteiger partial charge in [0.1, 0.15) is 0 Å². The molecule has 3 N–H and O–H groups in total. The fourth-order valence-corrected chi connectivity index (χ4v) is 2.82. The Morgan fingerprint density at radius 1 is 1.18 bits per heavy atom. The van der Waals surface area contributed by atoms with E-state index in [0.29, 0.717) is 16.9 Å². The lowest BCUT2D eigenvalue weighted by atomic mass is 10.0. The van der Waals surface area contributed by atoms with E-state index in [9.17, 15) is 0 Å². The van der Waals surface area contributed by atoms with Crippen molar-refractivity contribution in [2.75, 3.05) is 12.3 Å². The summed E-state index contributed by atoms with van der Waals surface area (Å²) in [7, 11) is 0. The molecule has 1 aliphatic carbocycles. The molecule has 0 bridgehead atoms. The van der Waals surface area contributed by atoms with Gasteiger partial charge in [0.2, 0.25) is 0 Å². The molecule has 1 aromatic rings. The van der Waals surface area contributed by atoms with Gasteiger partial charge in [-0.05, 0) is 41.5 Å². The fourth-order valence-electron chi connectivity index (χ4n) is 2.82. The average Bonchev–Trinajstić information content (AvgIpc) is 2.60. The minimum Gasteiger partial charge on any atom is -0.399 e. The summed E-state index contributed by atoms with van der Waals surface area (Å²) in [6.45, 7) is 10.4. The summed E-state index contributed by atoms with van der Waals surface area (Å²) < 4.78 is 0. The number of rotatable bonds is 4. The predicted octanol–water partition coefficient (Wildman–Crippen LogP) is 2.84. The van der Waals surface area contributed by atoms with E-state index in [1.807, 2.05) is 12.1 Å². The minimum absolute atomic E-state index is 0.419. The molecule has 0 aromatic heterocycles. The van der Waals surface area contributed by atoms with Crippen molar-refractivity contribution in [2.24, 2.45) is 10.8 Å². The number of nitrogens with two attached hydrogens (primary N) is 1. The summed E-state index contributed by atoms with van der Waals surface area (Å²) in [5.74, 6) is 0. The minimum atomic E-state index is 0.419. The third-order valence-electron chi connectivity index (χ3n) is 4.73. The Balaban J connectivity index is 1.82. The molecule has 0 atom stereocenters. The van der Waals surface area contributed by atoms with Gasteiger partial charge in [-0.3, -0.25) is 0 Å². The van der Waals surface area contributed by atoms with Crippen molar-refractivity contribution in [1.29, 1.82) is 0 Å². The van der Waals surface area contributed by atoms with Crippen LogP contribution in [-0.4, -0.2) is 12.6 Å². The van der Waals surface area contributed by atoms with Crippen molar-refractivity contribution >= 4 is 5.69 Å². The van der Waals surface area contributed by atoms with Gasteiger partial charge in [-0.15, -0.1) is 0 Å². The summed E-state index contributed by atoms with van der Waals surface area (Å²) in [6.07, 6.45) is 1.05. The monoisotopic (exact) mass is 232 g/mol. The first-order valence-electron chi connectivity index (χ1n) is 6.43. The highest BCUT2D eigenvalue weighted by Gasteiger charge is 2.64. The zero-order valence-electron chi connectivity index (χ0n) is 11.4. The van der Waals surface area contributed by atoms with E-state index in [1.165, 1.54) is 5.56 Å². The quantitative estimate of drug-likeness (QED) is 0.783. The molecule has 2 nitrogen and oxygen atoms in total. The van der Waals surface area contributed by atoms with Crippen molar-refractivity contribution < 1.29 is 0 Å². The van der Waals surface area contributed by atoms with Gasteiger partial charge in [-0.1, -0.05) is 39.8 Å². The highest BCUT2D eigenvalue weighted by atomic mass is 15.0. The summed E-state index contributed by atoms with van der Waals surface area (Å²) >= 11 is 0. The molecule has 2 rings (SSSR count). The Morgan fingerprint density at radius 2 is 1.82 bits per heavy atom. The first kappa shape index (κ1) is 12.4. The molecule has 1 saturated carbocycles. The van der Waals surface area contributed by atoms with Crippen LogP contribution in [0.2, 0.25) is 0 Å². The normalized spacial score (nSPS) is 21.4. The lowest BCUT2D eigenvalue weighted by Crippen LogP contribution is -2.24. The van der Waals surface area contributed by atoms with Crippen LogP contribution < -0.4 is 11.1 Å². The molecule has 94 valence electrons. The summed E-state index contributed by atoms with van der Waals surface area (Å²) in [5.41, 5.74) is 8.78. The van der Waals surface area contributed by atoms with Crippen molar-refractivity contribution in [3.8, 4) is 0 Å². The largest absolute Gasteiger partial charge is 0.399 e. The third-order valence-corrected chi connectivity index (χ3v) is 4.73. The summed E-state index contributed by atoms with van der Waals surface area (Å²) in [6, 6.07) is 8.79. The molecular weight excluding hydrogens is 208 g/mol. The number of nitrogens with one attached hydrogen (secondary N) is 1. The smallest absolute Gasteiger partial charge is 0.0316 e. The molecule has 0 spiro atoms. The molecule has 0 amide bonds. The van der Waals surface area contributed by atoms with Crippen LogP contribution in [0.4, 0.5) is 5.69 Å². The second kappa shape index (κ2) is 4.02. The van der Waals surface area contributed by atoms with Crippen molar-refractivity contribution in [3.05, 3.63) is 29.8 Å². The van der Waals surface area contributed by atoms with Crippen LogP contribution in [0.1, 0.15) is 33.3 Å². The van der Waals surface area contributed by atoms with Gasteiger partial charge >= 0.3 is 0 Å². The van der Waals surface area contributed by atoms with E-state index < -0.39 is 0 Å². The topological polar surface area (TPSA) is 38.0 Å². The maximum absolute atomic E-state index is 5.77. The molecule has 1 aromatic carbocycles. The van der Waals surface area contributed by atoms with E-state index in [-0.39, 0.29) is 0 Å². The predicted molar refractivity (Wildman–Crippen MR) is 73.9 cm³/mol. The number of benzene rings is 1. The second-order valence-electron chi connectivity index (χ2n) is 6.33. The zero-order chi connectivity index (χ0) is 12.7. The van der Waals surface area contributed by atoms with E-state index in [4.69, 9.17) is 5.73 Å². The molecule has 1 fully saturated rings. The van der Waals surface area contributed by atoms with Gasteiger partial charge in [0.05, 0.1) is 0 Å². The van der Waals surface area contributed by atoms with Crippen molar-refractivity contribution in [1.82, 2.24) is 5.32 Å². The molecule has 0 saturated heterocycles. The van der Waals surface area contributed by atoms with Crippen LogP contribution >= 0.6 is 0 Å². The Morgan fingerprint density at radius 3 is 2.35 bits per heavy atom. The second-order valence-corrected chi connectivity index (χ2v) is 6.33. The first-order valence-corrected chi connectivity index (χ1v) is 6.43. The molecule has 0 aliphatic heterocycles. The molecule has 17 heavy (non-hydrogen) atoms. The van der Waals surface area contributed by atoms with Gasteiger partial charge in [0.25, 0.3) is 0 Å². The van der Waals surface area contributed by atoms with Crippen LogP contribution in [0.5, 0.6) is 0 Å². The van der Waals surface area contributed by atoms with Crippen molar-refractivity contribution in [3.63, 3.8) is 0 Å². The average molecular weight is 232 g/mol. The van der Waals surface area contributed by atoms with Gasteiger partial charge in [0.15, 0.2) is 0 Å². The van der Waals surface area contributed by atoms with E-state index in [1.54, 1.807) is 0 Å². The summed E-state index contributed by atoms with van der Waals surface area (Å²) in [4.78, 5) is 0. The van der Waals surface area contributed by atoms with Crippen molar-refractivity contribution in [2.45, 2.75) is 40.2 Å². The van der Waals surface area contributed by atoms with E-state index >= 15 is 0 Å². The number of nitrogen functional groups attached to an aromatic ring is 1. The van der Waals surface area contributed by atoms with Gasteiger partial charge < -0.3 is 11.1 Å². The SMILES string of the molecule is CC1(C)C(NCCc2cccc(N)c2)C1(C)C. The first-order chi connectivity index (χ1) is 7.85. The molecule has 0 heterocycles. The van der Waals surface area contributed by atoms with Gasteiger partial charge in [0, 0.05) is 11.7 Å². The Kier molecular flexibility index (Phi) is 2.94. The van der Waals surface area contributed by atoms with Crippen LogP contribution in [0.25, 0.3) is 0 Å². The third kappa shape index (κ3) is 2.19. The lowest BCUT2D eigenvalue weighted by molar-refractivity contribution is 0.457. The Bertz CT molecular complexity index is 393. The van der Waals surface area contributed by atoms with Crippen LogP contribution in [0, 0.1) is 10.8 Å². The van der Waals surface area contributed by atoms with Gasteiger partial charge in [-0.2, -0.15) is 0 Å². The number of hydrogen-bond donors (Lipinski definition) is 2. The molecule has 2 heteroatoms. The van der Waals surface area contributed by atoms with Crippen LogP contribution in [0.3, 0.4) is 0 Å². The van der Waals surface area contributed by atoms with Gasteiger partial charge in [-0.25, -0.2) is 0 Å². The summed E-state index contributed by atoms with van der Waals surface area (Å²) in [5, 5.41) is 3.66. The number of hydrogen-bond acceptors (Lipinski definition) is 2. The van der Waals surface area contributed by atoms with E-state index in [2.05, 4.69) is 45.1 Å². The maximum Gasteiger partial charge on any atom is 0.0316 e. The maximum atomic E-state index is 5.77. The molecule has 0 radical (unpaired) electrons. The van der Waals surface area contributed by atoms with Crippen LogP contribution in [-0.2, 0) is 6.42 Å². The fraction of sp³-hybridized carbons (Fsp3) is 0.600.